The van der Waals surface area contributed by atoms with Gasteiger partial charge in [-0.15, -0.1) is 0 Å². The maximum absolute atomic E-state index is 11.3. The van der Waals surface area contributed by atoms with Crippen LogP contribution in [0.3, 0.4) is 0 Å². The summed E-state index contributed by atoms with van der Waals surface area (Å²) in [6.07, 6.45) is 0.392. The Bertz CT molecular complexity index is 379. The summed E-state index contributed by atoms with van der Waals surface area (Å²) < 4.78 is 0. The highest BCUT2D eigenvalue weighted by Gasteiger charge is 2.09. The van der Waals surface area contributed by atoms with Crippen LogP contribution in [0.2, 0.25) is 5.02 Å². The summed E-state index contributed by atoms with van der Waals surface area (Å²) in [6, 6.07) is 4.72. The molecule has 3 heteroatoms. The predicted octanol–water partition coefficient (Wildman–Crippen LogP) is 3.48. The molecule has 0 unspecified atom stereocenters. The zero-order chi connectivity index (χ0) is 9.84. The summed E-state index contributed by atoms with van der Waals surface area (Å²) in [5, 5.41) is 0.490. The maximum Gasteiger partial charge on any atom is 0.197 e. The fourth-order valence-corrected chi connectivity index (χ4v) is 1.19. The number of nitrogens with zero attached hydrogens (tertiary/aromatic N) is 1. The molecule has 0 amide bonds. The number of rotatable bonds is 2. The highest BCUT2D eigenvalue weighted by atomic mass is 35.5. The van der Waals surface area contributed by atoms with E-state index in [1.54, 1.807) is 25.1 Å². The van der Waals surface area contributed by atoms with Crippen LogP contribution >= 0.6 is 11.6 Å². The highest BCUT2D eigenvalue weighted by molar-refractivity contribution is 6.31. The Kier molecular flexibility index (Phi) is 3.05. The summed E-state index contributed by atoms with van der Waals surface area (Å²) in [5.74, 6) is -0.0477. The van der Waals surface area contributed by atoms with Gasteiger partial charge in [0.2, 0.25) is 0 Å². The number of Topliss-reactive ketones (excluding diaryl/α,β-unsaturated/α-hetero) is 1. The minimum absolute atomic E-state index is 0.0477. The zero-order valence-electron chi connectivity index (χ0n) is 7.17. The fraction of sp³-hybridized carbons (Fsp3) is 0.200. The van der Waals surface area contributed by atoms with Gasteiger partial charge in [0.15, 0.2) is 11.5 Å². The van der Waals surface area contributed by atoms with Crippen molar-refractivity contribution in [3.8, 4) is 0 Å². The van der Waals surface area contributed by atoms with E-state index in [1.807, 2.05) is 0 Å². The molecule has 0 aliphatic rings. The highest BCUT2D eigenvalue weighted by Crippen LogP contribution is 2.24. The molecule has 1 aromatic rings. The fourth-order valence-electron chi connectivity index (χ4n) is 1.02. The molecule has 0 saturated carbocycles. The summed E-state index contributed by atoms with van der Waals surface area (Å²) in [7, 11) is 0. The van der Waals surface area contributed by atoms with Crippen molar-refractivity contribution in [1.82, 2.24) is 0 Å². The largest absolute Gasteiger partial charge is 0.296 e. The summed E-state index contributed by atoms with van der Waals surface area (Å²) in [6.45, 7) is 8.61. The van der Waals surface area contributed by atoms with Gasteiger partial charge in [0, 0.05) is 17.0 Å². The first-order valence-corrected chi connectivity index (χ1v) is 4.27. The molecule has 2 nitrogen and oxygen atoms in total. The van der Waals surface area contributed by atoms with Crippen LogP contribution in [-0.2, 0) is 0 Å². The van der Waals surface area contributed by atoms with Crippen LogP contribution in [0.4, 0.5) is 5.69 Å². The average Bonchev–Trinajstić information content (AvgIpc) is 2.16. The first-order valence-electron chi connectivity index (χ1n) is 3.89. The molecule has 0 heterocycles. The molecule has 0 aliphatic carbocycles. The molecule has 66 valence electrons. The number of carbonyl (C=O) groups excluding carboxylic acids is 1. The molecular weight excluding hydrogens is 186 g/mol. The molecule has 0 aromatic heterocycles. The molecule has 1 aromatic carbocycles. The van der Waals surface area contributed by atoms with Crippen molar-refractivity contribution in [3.63, 3.8) is 0 Å². The van der Waals surface area contributed by atoms with Crippen molar-refractivity contribution in [2.45, 2.75) is 13.3 Å². The number of benzene rings is 1. The number of carbonyl (C=O) groups is 1. The van der Waals surface area contributed by atoms with E-state index in [1.165, 1.54) is 0 Å². The van der Waals surface area contributed by atoms with Crippen molar-refractivity contribution < 1.29 is 4.79 Å². The molecule has 0 N–H and O–H groups in total. The van der Waals surface area contributed by atoms with E-state index in [9.17, 15) is 4.79 Å². The second-order valence-electron chi connectivity index (χ2n) is 2.55. The van der Waals surface area contributed by atoms with Crippen LogP contribution in [0, 0.1) is 6.57 Å². The van der Waals surface area contributed by atoms with Crippen molar-refractivity contribution >= 4 is 23.1 Å². The Balaban J connectivity index is 3.25. The van der Waals surface area contributed by atoms with Gasteiger partial charge in [-0.25, -0.2) is 4.85 Å². The lowest BCUT2D eigenvalue weighted by Gasteiger charge is -2.00. The van der Waals surface area contributed by atoms with Crippen LogP contribution in [0.1, 0.15) is 23.7 Å². The Hall–Kier alpha value is -1.33. The Morgan fingerprint density at radius 1 is 1.62 bits per heavy atom. The van der Waals surface area contributed by atoms with E-state index in [2.05, 4.69) is 4.85 Å². The molecule has 0 fully saturated rings. The van der Waals surface area contributed by atoms with Gasteiger partial charge >= 0.3 is 0 Å². The molecule has 0 saturated heterocycles. The smallest absolute Gasteiger partial charge is 0.197 e. The molecule has 1 rings (SSSR count). The molecule has 0 spiro atoms. The standard InChI is InChI=1S/C10H8ClNO/c1-3-10(13)8-6-7(11)4-5-9(8)12-2/h4-6H,3H2,1H3. The minimum atomic E-state index is -0.0477. The van der Waals surface area contributed by atoms with Gasteiger partial charge in [-0.05, 0) is 6.07 Å². The normalized spacial score (nSPS) is 9.31. The lowest BCUT2D eigenvalue weighted by atomic mass is 10.1. The molecular formula is C10H8ClNO. The van der Waals surface area contributed by atoms with Crippen LogP contribution in [-0.4, -0.2) is 5.78 Å². The van der Waals surface area contributed by atoms with Crippen LogP contribution in [0.15, 0.2) is 18.2 Å². The first kappa shape index (κ1) is 9.76. The molecule has 0 atom stereocenters. The Morgan fingerprint density at radius 3 is 2.85 bits per heavy atom. The monoisotopic (exact) mass is 193 g/mol. The quantitative estimate of drug-likeness (QED) is 0.521. The predicted molar refractivity (Wildman–Crippen MR) is 52.3 cm³/mol. The van der Waals surface area contributed by atoms with Crippen LogP contribution in [0.25, 0.3) is 4.85 Å². The molecule has 13 heavy (non-hydrogen) atoms. The van der Waals surface area contributed by atoms with E-state index in [4.69, 9.17) is 18.2 Å². The van der Waals surface area contributed by atoms with Gasteiger partial charge in [0.1, 0.15) is 0 Å². The van der Waals surface area contributed by atoms with Crippen LogP contribution < -0.4 is 0 Å². The van der Waals surface area contributed by atoms with Crippen LogP contribution in [0.5, 0.6) is 0 Å². The second kappa shape index (κ2) is 4.06. The summed E-state index contributed by atoms with van der Waals surface area (Å²) in [5.41, 5.74) is 0.793. The van der Waals surface area contributed by atoms with E-state index in [0.29, 0.717) is 22.7 Å². The van der Waals surface area contributed by atoms with E-state index in [0.717, 1.165) is 0 Å². The van der Waals surface area contributed by atoms with Gasteiger partial charge in [0.05, 0.1) is 6.57 Å². The third-order valence-electron chi connectivity index (χ3n) is 1.70. The third kappa shape index (κ3) is 2.07. The van der Waals surface area contributed by atoms with Gasteiger partial charge < -0.3 is 0 Å². The SMILES string of the molecule is [C-]#[N+]c1ccc(Cl)cc1C(=O)CC. The van der Waals surface area contributed by atoms with Crippen molar-refractivity contribution in [1.29, 1.82) is 0 Å². The Morgan fingerprint density at radius 2 is 2.31 bits per heavy atom. The maximum atomic E-state index is 11.3. The van der Waals surface area contributed by atoms with Gasteiger partial charge in [-0.1, -0.05) is 30.7 Å². The zero-order valence-corrected chi connectivity index (χ0v) is 7.93. The lowest BCUT2D eigenvalue weighted by molar-refractivity contribution is 0.0989. The summed E-state index contributed by atoms with van der Waals surface area (Å²) in [4.78, 5) is 14.6. The van der Waals surface area contributed by atoms with Crippen molar-refractivity contribution in [3.05, 3.63) is 40.2 Å². The molecule has 0 bridgehead atoms. The third-order valence-corrected chi connectivity index (χ3v) is 1.94. The molecule has 0 radical (unpaired) electrons. The lowest BCUT2D eigenvalue weighted by Crippen LogP contribution is -1.96. The van der Waals surface area contributed by atoms with Crippen molar-refractivity contribution in [2.75, 3.05) is 0 Å². The number of hydrogen-bond donors (Lipinski definition) is 0. The Labute approximate surface area is 82.0 Å². The van der Waals surface area contributed by atoms with E-state index >= 15 is 0 Å². The van der Waals surface area contributed by atoms with Gasteiger partial charge in [-0.3, -0.25) is 4.79 Å². The van der Waals surface area contributed by atoms with Crippen molar-refractivity contribution in [2.24, 2.45) is 0 Å². The number of hydrogen-bond acceptors (Lipinski definition) is 1. The minimum Gasteiger partial charge on any atom is -0.296 e. The van der Waals surface area contributed by atoms with E-state index < -0.39 is 0 Å². The average molecular weight is 194 g/mol. The first-order chi connectivity index (χ1) is 6.19. The van der Waals surface area contributed by atoms with Gasteiger partial charge in [0.25, 0.3) is 0 Å². The van der Waals surface area contributed by atoms with Gasteiger partial charge in [-0.2, -0.15) is 0 Å². The number of halogens is 1. The molecule has 0 aliphatic heterocycles. The van der Waals surface area contributed by atoms with E-state index in [-0.39, 0.29) is 5.78 Å². The topological polar surface area (TPSA) is 21.4 Å². The second-order valence-corrected chi connectivity index (χ2v) is 2.99. The number of ketones is 1. The summed E-state index contributed by atoms with van der Waals surface area (Å²) >= 11 is 5.72.